The summed E-state index contributed by atoms with van der Waals surface area (Å²) in [4.78, 5) is 14.7. The predicted octanol–water partition coefficient (Wildman–Crippen LogP) is 3.67. The van der Waals surface area contributed by atoms with Crippen molar-refractivity contribution < 1.29 is 23.4 Å². The monoisotopic (exact) mass is 381 g/mol. The number of rotatable bonds is 6. The summed E-state index contributed by atoms with van der Waals surface area (Å²) in [7, 11) is 1.61. The second-order valence-electron chi connectivity index (χ2n) is 6.73. The third-order valence-electron chi connectivity index (χ3n) is 4.93. The Bertz CT molecular complexity index is 980. The number of methoxy groups -OCH3 is 1. The lowest BCUT2D eigenvalue weighted by Gasteiger charge is -2.31. The number of hydrogen-bond donors (Lipinski definition) is 0. The maximum atomic E-state index is 12.9. The van der Waals surface area contributed by atoms with E-state index in [0.29, 0.717) is 25.3 Å². The van der Waals surface area contributed by atoms with Crippen LogP contribution in [-0.2, 0) is 11.2 Å². The highest BCUT2D eigenvalue weighted by Gasteiger charge is 2.25. The van der Waals surface area contributed by atoms with Gasteiger partial charge in [-0.3, -0.25) is 4.79 Å². The van der Waals surface area contributed by atoms with Crippen LogP contribution in [0.1, 0.15) is 12.5 Å². The van der Waals surface area contributed by atoms with Crippen molar-refractivity contribution in [3.8, 4) is 17.2 Å². The SMILES string of the molecule is CCN(CC1COc2ccccc2O1)C(=O)Cc1coc2cc(OC)ccc12. The van der Waals surface area contributed by atoms with E-state index in [-0.39, 0.29) is 18.4 Å². The van der Waals surface area contributed by atoms with Crippen LogP contribution in [0.3, 0.4) is 0 Å². The summed E-state index contributed by atoms with van der Waals surface area (Å²) in [6, 6.07) is 13.2. The van der Waals surface area contributed by atoms with Crippen LogP contribution < -0.4 is 14.2 Å². The van der Waals surface area contributed by atoms with Gasteiger partial charge in [-0.1, -0.05) is 12.1 Å². The summed E-state index contributed by atoms with van der Waals surface area (Å²) in [6.45, 7) is 3.47. The van der Waals surface area contributed by atoms with Crippen LogP contribution in [0.15, 0.2) is 53.1 Å². The summed E-state index contributed by atoms with van der Waals surface area (Å²) in [5.74, 6) is 2.22. The summed E-state index contributed by atoms with van der Waals surface area (Å²) >= 11 is 0. The highest BCUT2D eigenvalue weighted by molar-refractivity contribution is 5.88. The number of carbonyl (C=O) groups is 1. The Morgan fingerprint density at radius 2 is 2.04 bits per heavy atom. The van der Waals surface area contributed by atoms with E-state index < -0.39 is 0 Å². The zero-order valence-electron chi connectivity index (χ0n) is 16.0. The van der Waals surface area contributed by atoms with Crippen LogP contribution in [0.2, 0.25) is 0 Å². The molecule has 1 aromatic heterocycles. The first-order chi connectivity index (χ1) is 13.7. The fourth-order valence-electron chi connectivity index (χ4n) is 3.41. The van der Waals surface area contributed by atoms with Gasteiger partial charge in [0, 0.05) is 23.6 Å². The summed E-state index contributed by atoms with van der Waals surface area (Å²) in [6.07, 6.45) is 1.73. The quantitative estimate of drug-likeness (QED) is 0.652. The van der Waals surface area contributed by atoms with Crippen LogP contribution >= 0.6 is 0 Å². The molecule has 6 nitrogen and oxygen atoms in total. The number of para-hydroxylation sites is 2. The molecule has 0 radical (unpaired) electrons. The topological polar surface area (TPSA) is 61.1 Å². The zero-order chi connectivity index (χ0) is 19.5. The first-order valence-corrected chi connectivity index (χ1v) is 9.38. The molecule has 4 rings (SSSR count). The van der Waals surface area contributed by atoms with Gasteiger partial charge in [0.15, 0.2) is 17.6 Å². The van der Waals surface area contributed by atoms with E-state index >= 15 is 0 Å². The molecule has 146 valence electrons. The number of furan rings is 1. The molecule has 0 N–H and O–H groups in total. The zero-order valence-corrected chi connectivity index (χ0v) is 16.0. The van der Waals surface area contributed by atoms with Crippen LogP contribution in [0.25, 0.3) is 11.0 Å². The van der Waals surface area contributed by atoms with E-state index in [1.165, 1.54) is 0 Å². The summed E-state index contributed by atoms with van der Waals surface area (Å²) < 4.78 is 22.6. The van der Waals surface area contributed by atoms with E-state index in [0.717, 1.165) is 28.2 Å². The first kappa shape index (κ1) is 18.2. The molecule has 0 bridgehead atoms. The fraction of sp³-hybridized carbons (Fsp3) is 0.318. The lowest BCUT2D eigenvalue weighted by molar-refractivity contribution is -0.131. The van der Waals surface area contributed by atoms with Crippen LogP contribution in [0.5, 0.6) is 17.2 Å². The molecular formula is C22H23NO5. The standard InChI is InChI=1S/C22H23NO5/c1-3-23(12-17-14-27-19-6-4-5-7-20(19)28-17)22(24)10-15-13-26-21-11-16(25-2)8-9-18(15)21/h4-9,11,13,17H,3,10,12,14H2,1-2H3. The van der Waals surface area contributed by atoms with Crippen molar-refractivity contribution in [3.63, 3.8) is 0 Å². The van der Waals surface area contributed by atoms with E-state index in [9.17, 15) is 4.79 Å². The molecule has 0 spiro atoms. The average molecular weight is 381 g/mol. The summed E-state index contributed by atoms with van der Waals surface area (Å²) in [5, 5.41) is 0.927. The molecule has 1 atom stereocenters. The average Bonchev–Trinajstić information content (AvgIpc) is 3.13. The normalized spacial score (nSPS) is 15.4. The Kier molecular flexibility index (Phi) is 5.10. The number of likely N-dealkylation sites (N-methyl/N-ethyl adjacent to an activating group) is 1. The van der Waals surface area contributed by atoms with E-state index in [1.807, 2.05) is 49.4 Å². The van der Waals surface area contributed by atoms with Crippen LogP contribution in [-0.4, -0.2) is 43.7 Å². The highest BCUT2D eigenvalue weighted by Crippen LogP contribution is 2.31. The number of hydrogen-bond acceptors (Lipinski definition) is 5. The molecule has 2 aromatic carbocycles. The highest BCUT2D eigenvalue weighted by atomic mass is 16.6. The minimum Gasteiger partial charge on any atom is -0.497 e. The van der Waals surface area contributed by atoms with Crippen molar-refractivity contribution >= 4 is 16.9 Å². The molecule has 0 saturated heterocycles. The largest absolute Gasteiger partial charge is 0.497 e. The van der Waals surface area contributed by atoms with Crippen molar-refractivity contribution in [1.29, 1.82) is 0 Å². The third-order valence-corrected chi connectivity index (χ3v) is 4.93. The fourth-order valence-corrected chi connectivity index (χ4v) is 3.41. The van der Waals surface area contributed by atoms with Crippen molar-refractivity contribution in [2.75, 3.05) is 26.8 Å². The molecule has 0 saturated carbocycles. The Labute approximate surface area is 163 Å². The number of benzene rings is 2. The van der Waals surface area contributed by atoms with Gasteiger partial charge in [-0.05, 0) is 31.2 Å². The van der Waals surface area contributed by atoms with Crippen molar-refractivity contribution in [1.82, 2.24) is 4.90 Å². The Balaban J connectivity index is 1.43. The number of ether oxygens (including phenoxy) is 3. The second-order valence-corrected chi connectivity index (χ2v) is 6.73. The van der Waals surface area contributed by atoms with Crippen LogP contribution in [0, 0.1) is 0 Å². The second kappa shape index (κ2) is 7.84. The maximum absolute atomic E-state index is 12.9. The maximum Gasteiger partial charge on any atom is 0.227 e. The molecule has 1 aliphatic rings. The van der Waals surface area contributed by atoms with E-state index in [4.69, 9.17) is 18.6 Å². The molecule has 6 heteroatoms. The minimum atomic E-state index is -0.191. The molecule has 28 heavy (non-hydrogen) atoms. The van der Waals surface area contributed by atoms with Gasteiger partial charge < -0.3 is 23.5 Å². The molecule has 1 amide bonds. The van der Waals surface area contributed by atoms with Gasteiger partial charge in [0.25, 0.3) is 0 Å². The van der Waals surface area contributed by atoms with Crippen molar-refractivity contribution in [2.24, 2.45) is 0 Å². The summed E-state index contributed by atoms with van der Waals surface area (Å²) in [5.41, 5.74) is 1.58. The number of amides is 1. The lowest BCUT2D eigenvalue weighted by atomic mass is 10.1. The predicted molar refractivity (Wildman–Crippen MR) is 105 cm³/mol. The Morgan fingerprint density at radius 3 is 2.82 bits per heavy atom. The van der Waals surface area contributed by atoms with Crippen LogP contribution in [0.4, 0.5) is 0 Å². The number of nitrogens with zero attached hydrogens (tertiary/aromatic N) is 1. The lowest BCUT2D eigenvalue weighted by Crippen LogP contribution is -2.44. The molecule has 1 unspecified atom stereocenters. The number of fused-ring (bicyclic) bond motifs is 2. The van der Waals surface area contributed by atoms with Gasteiger partial charge in [-0.2, -0.15) is 0 Å². The van der Waals surface area contributed by atoms with Gasteiger partial charge in [0.05, 0.1) is 26.3 Å². The van der Waals surface area contributed by atoms with Crippen molar-refractivity contribution in [3.05, 3.63) is 54.3 Å². The van der Waals surface area contributed by atoms with Gasteiger partial charge >= 0.3 is 0 Å². The van der Waals surface area contributed by atoms with Gasteiger partial charge in [0.2, 0.25) is 5.91 Å². The van der Waals surface area contributed by atoms with Gasteiger partial charge in [0.1, 0.15) is 17.9 Å². The molecular weight excluding hydrogens is 358 g/mol. The molecule has 0 fully saturated rings. The van der Waals surface area contributed by atoms with Gasteiger partial charge in [-0.25, -0.2) is 0 Å². The van der Waals surface area contributed by atoms with E-state index in [1.54, 1.807) is 18.3 Å². The smallest absolute Gasteiger partial charge is 0.227 e. The third kappa shape index (κ3) is 3.63. The Morgan fingerprint density at radius 1 is 1.21 bits per heavy atom. The molecule has 0 aliphatic carbocycles. The van der Waals surface area contributed by atoms with E-state index in [2.05, 4.69) is 0 Å². The first-order valence-electron chi connectivity index (χ1n) is 9.38. The Hall–Kier alpha value is -3.15. The van der Waals surface area contributed by atoms with Gasteiger partial charge in [-0.15, -0.1) is 0 Å². The minimum absolute atomic E-state index is 0.0310. The number of carbonyl (C=O) groups excluding carboxylic acids is 1. The molecule has 1 aliphatic heterocycles. The molecule has 3 aromatic rings. The molecule has 2 heterocycles. The van der Waals surface area contributed by atoms with Crippen molar-refractivity contribution in [2.45, 2.75) is 19.4 Å².